The smallest absolute Gasteiger partial charge is 0.321 e. The Bertz CT molecular complexity index is 509. The minimum atomic E-state index is -1.17. The van der Waals surface area contributed by atoms with Crippen molar-refractivity contribution >= 4 is 40.0 Å². The maximum atomic E-state index is 11.7. The van der Waals surface area contributed by atoms with Gasteiger partial charge in [-0.2, -0.15) is 0 Å². The summed E-state index contributed by atoms with van der Waals surface area (Å²) in [6.07, 6.45) is 0. The van der Waals surface area contributed by atoms with E-state index in [0.717, 1.165) is 5.56 Å². The van der Waals surface area contributed by atoms with Crippen molar-refractivity contribution in [3.8, 4) is 0 Å². The second kappa shape index (κ2) is 5.57. The number of hydrogen-bond acceptors (Lipinski definition) is 3. The molecular formula is C11H11Cl2NO3S. The van der Waals surface area contributed by atoms with Gasteiger partial charge in [0.1, 0.15) is 6.04 Å². The molecule has 2 N–H and O–H groups in total. The van der Waals surface area contributed by atoms with Crippen LogP contribution < -0.4 is 5.32 Å². The zero-order valence-electron chi connectivity index (χ0n) is 9.23. The van der Waals surface area contributed by atoms with E-state index in [1.54, 1.807) is 18.2 Å². The third-order valence-electron chi connectivity index (χ3n) is 2.74. The summed E-state index contributed by atoms with van der Waals surface area (Å²) in [5.41, 5.74) is 0.723. The lowest BCUT2D eigenvalue weighted by Crippen LogP contribution is -2.49. The lowest BCUT2D eigenvalue weighted by molar-refractivity contribution is -0.139. The van der Waals surface area contributed by atoms with Crippen LogP contribution in [0.15, 0.2) is 18.2 Å². The molecule has 3 unspecified atom stereocenters. The van der Waals surface area contributed by atoms with E-state index >= 15 is 0 Å². The molecule has 1 aliphatic rings. The Labute approximate surface area is 117 Å². The minimum absolute atomic E-state index is 0.122. The molecule has 0 aliphatic carbocycles. The topological polar surface area (TPSA) is 66.4 Å². The molecule has 0 spiro atoms. The third-order valence-corrected chi connectivity index (χ3v) is 4.72. The molecule has 0 bridgehead atoms. The third kappa shape index (κ3) is 3.03. The largest absolute Gasteiger partial charge is 0.480 e. The van der Waals surface area contributed by atoms with E-state index in [0.29, 0.717) is 15.8 Å². The number of hydrogen-bond donors (Lipinski definition) is 2. The summed E-state index contributed by atoms with van der Waals surface area (Å²) < 4.78 is 11.7. The van der Waals surface area contributed by atoms with Crippen LogP contribution in [0.3, 0.4) is 0 Å². The molecule has 1 fully saturated rings. The van der Waals surface area contributed by atoms with Crippen molar-refractivity contribution in [2.75, 3.05) is 11.5 Å². The fourth-order valence-corrected chi connectivity index (χ4v) is 3.82. The zero-order valence-corrected chi connectivity index (χ0v) is 11.6. The fourth-order valence-electron chi connectivity index (χ4n) is 1.89. The van der Waals surface area contributed by atoms with Crippen LogP contribution in [0.4, 0.5) is 0 Å². The molecule has 4 nitrogen and oxygen atoms in total. The predicted molar refractivity (Wildman–Crippen MR) is 71.6 cm³/mol. The highest BCUT2D eigenvalue weighted by Crippen LogP contribution is 2.28. The van der Waals surface area contributed by atoms with Gasteiger partial charge in [-0.15, -0.1) is 0 Å². The van der Waals surface area contributed by atoms with Gasteiger partial charge in [-0.25, -0.2) is 0 Å². The van der Waals surface area contributed by atoms with Gasteiger partial charge >= 0.3 is 5.97 Å². The number of benzene rings is 1. The zero-order chi connectivity index (χ0) is 13.3. The number of aliphatic carboxylic acids is 1. The lowest BCUT2D eigenvalue weighted by atomic mass is 10.1. The molecule has 0 amide bonds. The monoisotopic (exact) mass is 307 g/mol. The highest BCUT2D eigenvalue weighted by molar-refractivity contribution is 7.85. The summed E-state index contributed by atoms with van der Waals surface area (Å²) in [6, 6.07) is 3.86. The van der Waals surface area contributed by atoms with Crippen molar-refractivity contribution in [2.24, 2.45) is 0 Å². The molecule has 0 aromatic heterocycles. The average Bonchev–Trinajstić information content (AvgIpc) is 2.27. The van der Waals surface area contributed by atoms with Crippen molar-refractivity contribution in [3.05, 3.63) is 33.8 Å². The highest BCUT2D eigenvalue weighted by atomic mass is 35.5. The maximum Gasteiger partial charge on any atom is 0.321 e. The molecule has 3 atom stereocenters. The fraction of sp³-hybridized carbons (Fsp3) is 0.364. The SMILES string of the molecule is O=C(O)C1CS(=O)CC(c2ccc(Cl)cc2Cl)N1. The Morgan fingerprint density at radius 1 is 1.39 bits per heavy atom. The summed E-state index contributed by atoms with van der Waals surface area (Å²) in [7, 11) is -1.17. The van der Waals surface area contributed by atoms with Crippen LogP contribution in [0, 0.1) is 0 Å². The van der Waals surface area contributed by atoms with Gasteiger partial charge in [-0.1, -0.05) is 29.3 Å². The normalized spacial score (nSPS) is 28.0. The second-order valence-electron chi connectivity index (χ2n) is 4.05. The maximum absolute atomic E-state index is 11.7. The minimum Gasteiger partial charge on any atom is -0.480 e. The van der Waals surface area contributed by atoms with E-state index in [1.807, 2.05) is 0 Å². The van der Waals surface area contributed by atoms with Gasteiger partial charge in [-0.05, 0) is 17.7 Å². The number of halogens is 2. The van der Waals surface area contributed by atoms with Gasteiger partial charge < -0.3 is 5.11 Å². The van der Waals surface area contributed by atoms with Gasteiger partial charge in [0, 0.05) is 38.4 Å². The molecule has 0 radical (unpaired) electrons. The van der Waals surface area contributed by atoms with Crippen molar-refractivity contribution in [3.63, 3.8) is 0 Å². The quantitative estimate of drug-likeness (QED) is 0.875. The van der Waals surface area contributed by atoms with Crippen LogP contribution in [-0.4, -0.2) is 32.8 Å². The summed E-state index contributed by atoms with van der Waals surface area (Å²) in [5.74, 6) is -0.527. The first kappa shape index (κ1) is 13.8. The number of carbonyl (C=O) groups is 1. The van der Waals surface area contributed by atoms with Crippen LogP contribution in [0.5, 0.6) is 0 Å². The van der Waals surface area contributed by atoms with E-state index in [-0.39, 0.29) is 11.8 Å². The van der Waals surface area contributed by atoms with Crippen LogP contribution in [0.2, 0.25) is 10.0 Å². The first-order chi connectivity index (χ1) is 8.47. The Morgan fingerprint density at radius 3 is 2.72 bits per heavy atom. The molecule has 1 aliphatic heterocycles. The van der Waals surface area contributed by atoms with Crippen molar-refractivity contribution < 1.29 is 14.1 Å². The number of carboxylic acids is 1. The first-order valence-corrected chi connectivity index (χ1v) is 7.50. The molecule has 2 rings (SSSR count). The standard InChI is InChI=1S/C11H11Cl2NO3S/c12-6-1-2-7(8(13)3-6)9-4-18(17)5-10(14-9)11(15)16/h1-3,9-10,14H,4-5H2,(H,15,16). The van der Waals surface area contributed by atoms with E-state index in [1.165, 1.54) is 0 Å². The summed E-state index contributed by atoms with van der Waals surface area (Å²) in [4.78, 5) is 11.0. The van der Waals surface area contributed by atoms with E-state index in [9.17, 15) is 9.00 Å². The Hall–Kier alpha value is -0.620. The molecule has 1 aromatic carbocycles. The van der Waals surface area contributed by atoms with Crippen LogP contribution in [-0.2, 0) is 15.6 Å². The van der Waals surface area contributed by atoms with Crippen molar-refractivity contribution in [1.29, 1.82) is 0 Å². The lowest BCUT2D eigenvalue weighted by Gasteiger charge is -2.29. The summed E-state index contributed by atoms with van der Waals surface area (Å²) in [6.45, 7) is 0. The van der Waals surface area contributed by atoms with Crippen molar-refractivity contribution in [1.82, 2.24) is 5.32 Å². The number of carboxylic acid groups (broad SMARTS) is 1. The summed E-state index contributed by atoms with van der Waals surface area (Å²) in [5, 5.41) is 12.9. The van der Waals surface area contributed by atoms with E-state index in [4.69, 9.17) is 28.3 Å². The molecular weight excluding hydrogens is 297 g/mol. The average molecular weight is 308 g/mol. The molecule has 0 saturated carbocycles. The number of nitrogens with one attached hydrogen (secondary N) is 1. The summed E-state index contributed by atoms with van der Waals surface area (Å²) >= 11 is 11.9. The molecule has 18 heavy (non-hydrogen) atoms. The number of rotatable bonds is 2. The van der Waals surface area contributed by atoms with Gasteiger partial charge in [0.2, 0.25) is 0 Å². The Kier molecular flexibility index (Phi) is 4.27. The van der Waals surface area contributed by atoms with E-state index in [2.05, 4.69) is 5.32 Å². The Morgan fingerprint density at radius 2 is 2.11 bits per heavy atom. The molecule has 1 heterocycles. The van der Waals surface area contributed by atoms with Gasteiger partial charge in [0.25, 0.3) is 0 Å². The molecule has 7 heteroatoms. The Balaban J connectivity index is 2.26. The highest BCUT2D eigenvalue weighted by Gasteiger charge is 2.31. The van der Waals surface area contributed by atoms with Crippen LogP contribution >= 0.6 is 23.2 Å². The second-order valence-corrected chi connectivity index (χ2v) is 6.44. The van der Waals surface area contributed by atoms with Gasteiger partial charge in [0.15, 0.2) is 0 Å². The molecule has 1 aromatic rings. The van der Waals surface area contributed by atoms with Crippen molar-refractivity contribution in [2.45, 2.75) is 12.1 Å². The van der Waals surface area contributed by atoms with E-state index < -0.39 is 22.8 Å². The molecule has 1 saturated heterocycles. The van der Waals surface area contributed by atoms with Gasteiger partial charge in [0.05, 0.1) is 0 Å². The first-order valence-electron chi connectivity index (χ1n) is 5.26. The van der Waals surface area contributed by atoms with Crippen LogP contribution in [0.1, 0.15) is 11.6 Å². The molecule has 98 valence electrons. The van der Waals surface area contributed by atoms with Crippen LogP contribution in [0.25, 0.3) is 0 Å². The van der Waals surface area contributed by atoms with Gasteiger partial charge in [-0.3, -0.25) is 14.3 Å². The predicted octanol–water partition coefficient (Wildman–Crippen LogP) is 1.84.